The van der Waals surface area contributed by atoms with Crippen LogP contribution < -0.4 is 24.3 Å². The van der Waals surface area contributed by atoms with Gasteiger partial charge in [-0.2, -0.15) is 0 Å². The van der Waals surface area contributed by atoms with Crippen LogP contribution in [0.2, 0.25) is 0 Å². The molecule has 0 fully saturated rings. The quantitative estimate of drug-likeness (QED) is 0.377. The second-order valence-electron chi connectivity index (χ2n) is 7.91. The Morgan fingerprint density at radius 3 is 2.69 bits per heavy atom. The number of carbonyl (C=O) groups is 2. The topological polar surface area (TPSA) is 121 Å². The van der Waals surface area contributed by atoms with E-state index < -0.39 is 12.0 Å². The Kier molecular flexibility index (Phi) is 6.87. The average Bonchev–Trinajstić information content (AvgIpc) is 3.33. The summed E-state index contributed by atoms with van der Waals surface area (Å²) in [7, 11) is 4.67. The maximum atomic E-state index is 12.0. The van der Waals surface area contributed by atoms with Gasteiger partial charge in [0.25, 0.3) is 0 Å². The van der Waals surface area contributed by atoms with Crippen LogP contribution in [0.4, 0.5) is 11.5 Å². The van der Waals surface area contributed by atoms with Gasteiger partial charge >= 0.3 is 11.9 Å². The summed E-state index contributed by atoms with van der Waals surface area (Å²) in [5.74, 6) is 1.37. The number of esters is 2. The molecule has 0 amide bonds. The van der Waals surface area contributed by atoms with Crippen molar-refractivity contribution in [1.82, 2.24) is 14.9 Å². The van der Waals surface area contributed by atoms with E-state index in [1.54, 1.807) is 19.1 Å². The van der Waals surface area contributed by atoms with E-state index in [-0.39, 0.29) is 18.5 Å². The summed E-state index contributed by atoms with van der Waals surface area (Å²) in [6.45, 7) is 3.58. The highest BCUT2D eigenvalue weighted by Gasteiger charge is 2.25. The number of anilines is 2. The monoisotopic (exact) mass is 482 g/mol. The molecule has 4 rings (SSSR count). The largest absolute Gasteiger partial charge is 0.493 e. The predicted molar refractivity (Wildman–Crippen MR) is 126 cm³/mol. The van der Waals surface area contributed by atoms with Crippen molar-refractivity contribution in [3.05, 3.63) is 36.2 Å². The van der Waals surface area contributed by atoms with Crippen molar-refractivity contribution in [2.45, 2.75) is 26.4 Å². The molecule has 2 aromatic carbocycles. The van der Waals surface area contributed by atoms with E-state index in [1.807, 2.05) is 24.1 Å². The van der Waals surface area contributed by atoms with Crippen LogP contribution in [-0.4, -0.2) is 60.9 Å². The van der Waals surface area contributed by atoms with Crippen LogP contribution in [0, 0.1) is 0 Å². The number of nitrogens with one attached hydrogen (secondary N) is 1. The van der Waals surface area contributed by atoms with Gasteiger partial charge in [-0.3, -0.25) is 14.5 Å². The molecular weight excluding hydrogens is 456 g/mol. The molecule has 1 atom stereocenters. The Balaban J connectivity index is 1.77. The van der Waals surface area contributed by atoms with Crippen molar-refractivity contribution in [3.63, 3.8) is 0 Å². The van der Waals surface area contributed by atoms with Crippen molar-refractivity contribution in [2.75, 3.05) is 33.4 Å². The molecule has 0 unspecified atom stereocenters. The number of fused-ring (bicyclic) bond motifs is 2. The van der Waals surface area contributed by atoms with Gasteiger partial charge in [-0.15, -0.1) is 0 Å². The third-order valence-corrected chi connectivity index (χ3v) is 5.67. The minimum atomic E-state index is -0.481. The van der Waals surface area contributed by atoms with Gasteiger partial charge in [-0.25, -0.2) is 9.97 Å². The Labute approximate surface area is 201 Å². The molecule has 35 heavy (non-hydrogen) atoms. The Bertz CT molecular complexity index is 1280. The van der Waals surface area contributed by atoms with Crippen molar-refractivity contribution in [2.24, 2.45) is 0 Å². The first-order chi connectivity index (χ1) is 16.8. The number of hydrogen-bond donors (Lipinski definition) is 1. The molecule has 0 bridgehead atoms. The van der Waals surface area contributed by atoms with Crippen molar-refractivity contribution in [1.29, 1.82) is 0 Å². The fraction of sp³-hybridized carbons (Fsp3) is 0.333. The molecule has 2 heterocycles. The van der Waals surface area contributed by atoms with E-state index in [4.69, 9.17) is 23.7 Å². The fourth-order valence-electron chi connectivity index (χ4n) is 3.71. The number of likely N-dealkylation sites (N-methyl/N-ethyl adjacent to an activating group) is 1. The van der Waals surface area contributed by atoms with E-state index in [2.05, 4.69) is 15.3 Å². The van der Waals surface area contributed by atoms with Crippen LogP contribution >= 0.6 is 0 Å². The molecule has 11 heteroatoms. The zero-order chi connectivity index (χ0) is 25.1. The molecule has 11 nitrogen and oxygen atoms in total. The summed E-state index contributed by atoms with van der Waals surface area (Å²) in [6, 6.07) is 6.57. The van der Waals surface area contributed by atoms with Crippen LogP contribution in [0.15, 0.2) is 30.6 Å². The maximum absolute atomic E-state index is 12.0. The minimum Gasteiger partial charge on any atom is -0.493 e. The number of carbonyl (C=O) groups excluding carboxylic acids is 2. The third-order valence-electron chi connectivity index (χ3n) is 5.67. The molecule has 3 aromatic rings. The number of methoxy groups -OCH3 is 2. The van der Waals surface area contributed by atoms with Gasteiger partial charge < -0.3 is 29.0 Å². The highest BCUT2D eigenvalue weighted by Crippen LogP contribution is 2.44. The lowest BCUT2D eigenvalue weighted by Gasteiger charge is -2.24. The van der Waals surface area contributed by atoms with Crippen LogP contribution in [0.1, 0.15) is 19.4 Å². The van der Waals surface area contributed by atoms with Crippen molar-refractivity contribution >= 4 is 34.3 Å². The lowest BCUT2D eigenvalue weighted by atomic mass is 10.1. The van der Waals surface area contributed by atoms with Gasteiger partial charge in [0.1, 0.15) is 18.2 Å². The summed E-state index contributed by atoms with van der Waals surface area (Å²) in [5.41, 5.74) is 2.06. The van der Waals surface area contributed by atoms with Crippen LogP contribution in [-0.2, 0) is 20.9 Å². The lowest BCUT2D eigenvalue weighted by molar-refractivity contribution is -0.146. The van der Waals surface area contributed by atoms with Gasteiger partial charge in [-0.1, -0.05) is 6.07 Å². The molecule has 1 aliphatic rings. The van der Waals surface area contributed by atoms with Gasteiger partial charge in [0, 0.05) is 24.9 Å². The summed E-state index contributed by atoms with van der Waals surface area (Å²) < 4.78 is 26.9. The first-order valence-corrected chi connectivity index (χ1v) is 10.8. The van der Waals surface area contributed by atoms with Gasteiger partial charge in [0.15, 0.2) is 23.0 Å². The molecule has 1 N–H and O–H groups in total. The van der Waals surface area contributed by atoms with Crippen molar-refractivity contribution in [3.8, 4) is 23.0 Å². The molecule has 1 aliphatic heterocycles. The predicted octanol–water partition coefficient (Wildman–Crippen LogP) is 3.03. The van der Waals surface area contributed by atoms with E-state index in [0.29, 0.717) is 46.2 Å². The summed E-state index contributed by atoms with van der Waals surface area (Å²) in [4.78, 5) is 34.2. The SMILES string of the molecule is COC(=O)[C@H](C)N(C)Cc1ccc2c(c1Nc1ncnc3cc(OC)c(OC(C)=O)cc13)OCO2. The average molecular weight is 482 g/mol. The van der Waals surface area contributed by atoms with E-state index in [9.17, 15) is 9.59 Å². The smallest absolute Gasteiger partial charge is 0.322 e. The third kappa shape index (κ3) is 4.90. The summed E-state index contributed by atoms with van der Waals surface area (Å²) >= 11 is 0. The zero-order valence-electron chi connectivity index (χ0n) is 20.1. The number of aromatic nitrogens is 2. The second-order valence-corrected chi connectivity index (χ2v) is 7.91. The highest BCUT2D eigenvalue weighted by molar-refractivity contribution is 5.94. The van der Waals surface area contributed by atoms with Gasteiger partial charge in [-0.05, 0) is 31.7 Å². The molecule has 1 aromatic heterocycles. The Morgan fingerprint density at radius 1 is 1.17 bits per heavy atom. The summed E-state index contributed by atoms with van der Waals surface area (Å²) in [5, 5.41) is 3.94. The van der Waals surface area contributed by atoms with Gasteiger partial charge in [0.2, 0.25) is 6.79 Å². The minimum absolute atomic E-state index is 0.0835. The number of rotatable bonds is 8. The van der Waals surface area contributed by atoms with Gasteiger partial charge in [0.05, 0.1) is 25.4 Å². The normalized spacial score (nSPS) is 13.0. The molecular formula is C24H26N4O7. The molecule has 184 valence electrons. The zero-order valence-corrected chi connectivity index (χ0v) is 20.1. The van der Waals surface area contributed by atoms with Crippen LogP contribution in [0.25, 0.3) is 10.9 Å². The Morgan fingerprint density at radius 2 is 1.97 bits per heavy atom. The number of ether oxygens (including phenoxy) is 5. The van der Waals surface area contributed by atoms with E-state index in [0.717, 1.165) is 5.56 Å². The highest BCUT2D eigenvalue weighted by atomic mass is 16.7. The molecule has 0 saturated carbocycles. The first-order valence-electron chi connectivity index (χ1n) is 10.8. The second kappa shape index (κ2) is 10.0. The van der Waals surface area contributed by atoms with Crippen LogP contribution in [0.3, 0.4) is 0 Å². The standard InChI is InChI=1S/C24H26N4O7/c1-13(24(30)32-5)28(3)10-15-6-7-18-22(34-12-33-18)21(15)27-23-16-8-20(35-14(2)29)19(31-4)9-17(16)25-11-26-23/h6-9,11,13H,10,12H2,1-5H3,(H,25,26,27)/t13-/m0/s1. The Hall–Kier alpha value is -4.12. The van der Waals surface area contributed by atoms with E-state index >= 15 is 0 Å². The number of benzene rings is 2. The fourth-order valence-corrected chi connectivity index (χ4v) is 3.71. The van der Waals surface area contributed by atoms with Crippen molar-refractivity contribution < 1.29 is 33.3 Å². The molecule has 0 aliphatic carbocycles. The summed E-state index contributed by atoms with van der Waals surface area (Å²) in [6.07, 6.45) is 1.42. The van der Waals surface area contributed by atoms with Crippen LogP contribution in [0.5, 0.6) is 23.0 Å². The number of nitrogens with zero attached hydrogens (tertiary/aromatic N) is 3. The number of hydrogen-bond acceptors (Lipinski definition) is 11. The maximum Gasteiger partial charge on any atom is 0.322 e. The van der Waals surface area contributed by atoms with E-state index in [1.165, 1.54) is 27.5 Å². The first kappa shape index (κ1) is 24.0. The molecule has 0 spiro atoms. The molecule has 0 saturated heterocycles. The lowest BCUT2D eigenvalue weighted by Crippen LogP contribution is -2.36. The molecule has 0 radical (unpaired) electrons.